The highest BCUT2D eigenvalue weighted by Gasteiger charge is 2.46. The molecule has 0 bridgehead atoms. The number of benzene rings is 1. The van der Waals surface area contributed by atoms with Crippen LogP contribution in [0.4, 0.5) is 4.39 Å². The van der Waals surface area contributed by atoms with Gasteiger partial charge in [-0.15, -0.1) is 0 Å². The second kappa shape index (κ2) is 4.63. The lowest BCUT2D eigenvalue weighted by Gasteiger charge is -2.12. The Morgan fingerprint density at radius 3 is 2.67 bits per heavy atom. The summed E-state index contributed by atoms with van der Waals surface area (Å²) in [5, 5.41) is 14.6. The molecule has 0 saturated heterocycles. The van der Waals surface area contributed by atoms with E-state index >= 15 is 0 Å². The molecule has 110 valence electrons. The molecular weight excluding hydrogens is 269 g/mol. The monoisotopic (exact) mass is 287 g/mol. The number of rotatable bonds is 3. The van der Waals surface area contributed by atoms with Crippen molar-refractivity contribution in [3.05, 3.63) is 47.5 Å². The summed E-state index contributed by atoms with van der Waals surface area (Å²) in [6.45, 7) is 2.12. The Labute approximate surface area is 122 Å². The van der Waals surface area contributed by atoms with Crippen LogP contribution in [0.15, 0.2) is 30.3 Å². The first-order valence-electron chi connectivity index (χ1n) is 7.48. The first kappa shape index (κ1) is 13.0. The van der Waals surface area contributed by atoms with Gasteiger partial charge < -0.3 is 5.11 Å². The molecule has 2 aliphatic rings. The van der Waals surface area contributed by atoms with Gasteiger partial charge in [0.2, 0.25) is 0 Å². The van der Waals surface area contributed by atoms with Crippen molar-refractivity contribution in [1.29, 1.82) is 0 Å². The zero-order valence-electron chi connectivity index (χ0n) is 11.9. The summed E-state index contributed by atoms with van der Waals surface area (Å²) in [6, 6.07) is 10.4. The highest BCUT2D eigenvalue weighted by atomic mass is 19.1. The maximum absolute atomic E-state index is 13.1. The normalized spacial score (nSPS) is 32.0. The molecule has 0 radical (unpaired) electrons. The smallest absolute Gasteiger partial charge is 0.179 e. The van der Waals surface area contributed by atoms with Crippen LogP contribution < -0.4 is 0 Å². The molecular formula is C16H18FN3O. The van der Waals surface area contributed by atoms with E-state index < -0.39 is 12.3 Å². The van der Waals surface area contributed by atoms with Crippen LogP contribution in [0.25, 0.3) is 0 Å². The summed E-state index contributed by atoms with van der Waals surface area (Å²) in [5.74, 6) is 1.25. The summed E-state index contributed by atoms with van der Waals surface area (Å²) < 4.78 is 15.0. The summed E-state index contributed by atoms with van der Waals surface area (Å²) in [5.41, 5.74) is 1.20. The quantitative estimate of drug-likeness (QED) is 0.944. The van der Waals surface area contributed by atoms with Gasteiger partial charge in [-0.1, -0.05) is 37.3 Å². The first-order chi connectivity index (χ1) is 10.1. The number of aliphatic hydroxyl groups is 1. The van der Waals surface area contributed by atoms with Crippen molar-refractivity contribution in [2.24, 2.45) is 5.92 Å². The Balaban J connectivity index is 1.68. The topological polar surface area (TPSA) is 50.9 Å². The number of fused-ring (bicyclic) bond motifs is 1. The molecule has 4 unspecified atom stereocenters. The van der Waals surface area contributed by atoms with E-state index in [0.717, 1.165) is 12.2 Å². The van der Waals surface area contributed by atoms with Gasteiger partial charge in [0.05, 0.1) is 6.04 Å². The number of hydrogen-bond acceptors (Lipinski definition) is 3. The molecule has 4 nitrogen and oxygen atoms in total. The Morgan fingerprint density at radius 2 is 2.00 bits per heavy atom. The zero-order chi connectivity index (χ0) is 14.6. The molecule has 1 aromatic heterocycles. The van der Waals surface area contributed by atoms with E-state index in [1.807, 2.05) is 22.9 Å². The van der Waals surface area contributed by atoms with E-state index in [9.17, 15) is 9.50 Å². The predicted octanol–water partition coefficient (Wildman–Crippen LogP) is 2.77. The van der Waals surface area contributed by atoms with Gasteiger partial charge >= 0.3 is 0 Å². The summed E-state index contributed by atoms with van der Waals surface area (Å²) >= 11 is 0. The standard InChI is InChI=1S/C16H18FN3O/c1-9-7-13(10-5-3-2-4-6-10)20-16(9)18-15(19-20)14(21)11-8-12(11)17/h2-6,9,11-14,21H,7-8H2,1H3/t9?,11?,12-,13?,14?/m1/s1. The van der Waals surface area contributed by atoms with Crippen molar-refractivity contribution in [3.8, 4) is 0 Å². The lowest BCUT2D eigenvalue weighted by atomic mass is 10.0. The maximum atomic E-state index is 13.1. The second-order valence-corrected chi connectivity index (χ2v) is 6.20. The summed E-state index contributed by atoms with van der Waals surface area (Å²) in [4.78, 5) is 4.48. The van der Waals surface area contributed by atoms with Gasteiger partial charge in [-0.2, -0.15) is 5.10 Å². The van der Waals surface area contributed by atoms with Crippen LogP contribution in [0.1, 0.15) is 55.0 Å². The lowest BCUT2D eigenvalue weighted by molar-refractivity contribution is 0.132. The summed E-state index contributed by atoms with van der Waals surface area (Å²) in [6.07, 6.45) is -0.393. The maximum Gasteiger partial charge on any atom is 0.179 e. The van der Waals surface area contributed by atoms with Gasteiger partial charge in [0, 0.05) is 11.8 Å². The number of nitrogens with zero attached hydrogens (tertiary/aromatic N) is 3. The molecule has 1 N–H and O–H groups in total. The number of halogens is 1. The van der Waals surface area contributed by atoms with Crippen molar-refractivity contribution in [3.63, 3.8) is 0 Å². The zero-order valence-corrected chi connectivity index (χ0v) is 11.9. The Bertz CT molecular complexity index is 657. The fourth-order valence-electron chi connectivity index (χ4n) is 3.24. The molecule has 5 atom stereocenters. The van der Waals surface area contributed by atoms with Crippen molar-refractivity contribution in [1.82, 2.24) is 14.8 Å². The molecule has 1 aromatic carbocycles. The fraction of sp³-hybridized carbons (Fsp3) is 0.500. The van der Waals surface area contributed by atoms with Gasteiger partial charge in [-0.05, 0) is 18.4 Å². The average Bonchev–Trinajstić information content (AvgIpc) is 2.95. The van der Waals surface area contributed by atoms with Gasteiger partial charge in [-0.25, -0.2) is 14.1 Å². The van der Waals surface area contributed by atoms with Crippen LogP contribution in [-0.2, 0) is 0 Å². The van der Waals surface area contributed by atoms with Crippen LogP contribution in [-0.4, -0.2) is 26.0 Å². The van der Waals surface area contributed by atoms with Gasteiger partial charge in [0.25, 0.3) is 0 Å². The fourth-order valence-corrected chi connectivity index (χ4v) is 3.24. The molecule has 2 heterocycles. The number of aliphatic hydroxyl groups excluding tert-OH is 1. The third-order valence-electron chi connectivity index (χ3n) is 4.60. The van der Waals surface area contributed by atoms with Crippen LogP contribution >= 0.6 is 0 Å². The molecule has 4 rings (SSSR count). The molecule has 0 amide bonds. The van der Waals surface area contributed by atoms with Gasteiger partial charge in [0.1, 0.15) is 18.1 Å². The predicted molar refractivity (Wildman–Crippen MR) is 75.6 cm³/mol. The van der Waals surface area contributed by atoms with Crippen molar-refractivity contribution < 1.29 is 9.50 Å². The minimum atomic E-state index is -0.902. The van der Waals surface area contributed by atoms with Crippen LogP contribution in [0.5, 0.6) is 0 Å². The SMILES string of the molecule is CC1CC(c2ccccc2)n2nc(C(O)C3C[C@H]3F)nc21. The second-order valence-electron chi connectivity index (χ2n) is 6.20. The molecule has 2 aromatic rings. The number of hydrogen-bond donors (Lipinski definition) is 1. The van der Waals surface area contributed by atoms with Crippen LogP contribution in [0.3, 0.4) is 0 Å². The molecule has 21 heavy (non-hydrogen) atoms. The van der Waals surface area contributed by atoms with Crippen molar-refractivity contribution >= 4 is 0 Å². The number of aromatic nitrogens is 3. The highest BCUT2D eigenvalue weighted by molar-refractivity contribution is 5.24. The van der Waals surface area contributed by atoms with E-state index in [0.29, 0.717) is 18.2 Å². The summed E-state index contributed by atoms with van der Waals surface area (Å²) in [7, 11) is 0. The van der Waals surface area contributed by atoms with E-state index in [-0.39, 0.29) is 12.0 Å². The largest absolute Gasteiger partial charge is 0.385 e. The molecule has 1 saturated carbocycles. The lowest BCUT2D eigenvalue weighted by Crippen LogP contribution is -2.10. The highest BCUT2D eigenvalue weighted by Crippen LogP contribution is 2.44. The first-order valence-corrected chi connectivity index (χ1v) is 7.48. The Morgan fingerprint density at radius 1 is 1.29 bits per heavy atom. The number of alkyl halides is 1. The van der Waals surface area contributed by atoms with E-state index in [1.165, 1.54) is 5.56 Å². The third kappa shape index (κ3) is 2.07. The van der Waals surface area contributed by atoms with Crippen molar-refractivity contribution in [2.75, 3.05) is 0 Å². The average molecular weight is 287 g/mol. The van der Waals surface area contributed by atoms with E-state index in [4.69, 9.17) is 0 Å². The molecule has 1 aliphatic carbocycles. The van der Waals surface area contributed by atoms with Gasteiger partial charge in [0.15, 0.2) is 5.82 Å². The third-order valence-corrected chi connectivity index (χ3v) is 4.60. The minimum Gasteiger partial charge on any atom is -0.385 e. The van der Waals surface area contributed by atoms with E-state index in [2.05, 4.69) is 29.1 Å². The molecule has 1 fully saturated rings. The molecule has 0 spiro atoms. The Hall–Kier alpha value is -1.75. The minimum absolute atomic E-state index is 0.157. The van der Waals surface area contributed by atoms with Gasteiger partial charge in [-0.3, -0.25) is 0 Å². The van der Waals surface area contributed by atoms with Crippen LogP contribution in [0.2, 0.25) is 0 Å². The molecule has 5 heteroatoms. The van der Waals surface area contributed by atoms with Crippen molar-refractivity contribution in [2.45, 2.75) is 44.0 Å². The Kier molecular flexibility index (Phi) is 2.85. The van der Waals surface area contributed by atoms with E-state index in [1.54, 1.807) is 0 Å². The molecule has 1 aliphatic heterocycles. The van der Waals surface area contributed by atoms with Crippen LogP contribution in [0, 0.1) is 5.92 Å².